The Hall–Kier alpha value is -3.10. The summed E-state index contributed by atoms with van der Waals surface area (Å²) in [6.45, 7) is 3.67. The fourth-order valence-electron chi connectivity index (χ4n) is 2.36. The van der Waals surface area contributed by atoms with Crippen LogP contribution < -0.4 is 26.6 Å². The summed E-state index contributed by atoms with van der Waals surface area (Å²) in [5.74, 6) is 3.51. The first kappa shape index (κ1) is 22.2. The van der Waals surface area contributed by atoms with Gasteiger partial charge < -0.3 is 15.8 Å². The Morgan fingerprint density at radius 3 is 2.45 bits per heavy atom. The van der Waals surface area contributed by atoms with E-state index >= 15 is 0 Å². The monoisotopic (exact) mass is 420 g/mol. The normalized spacial score (nSPS) is 11.3. The molecule has 9 heteroatoms. The van der Waals surface area contributed by atoms with Crippen molar-refractivity contribution < 1.29 is 18.7 Å². The van der Waals surface area contributed by atoms with E-state index in [-0.39, 0.29) is 29.7 Å². The maximum absolute atomic E-state index is 14.2. The third-order valence-electron chi connectivity index (χ3n) is 3.78. The van der Waals surface area contributed by atoms with Gasteiger partial charge >= 0.3 is 0 Å². The molecule has 0 aliphatic heterocycles. The van der Waals surface area contributed by atoms with E-state index in [9.17, 15) is 14.0 Å². The largest absolute Gasteiger partial charge is 0.488 e. The van der Waals surface area contributed by atoms with E-state index in [2.05, 4.69) is 5.32 Å². The SMILES string of the molecule is CC(C)Oc1ccc(N(N)C(=O)/C(=C/N)C(=O)NCc2ccc(Cl)cc2)cc1F. The Labute approximate surface area is 173 Å². The number of carbonyl (C=O) groups excluding carboxylic acids is 2. The molecule has 0 radical (unpaired) electrons. The van der Waals surface area contributed by atoms with Gasteiger partial charge in [-0.3, -0.25) is 9.59 Å². The van der Waals surface area contributed by atoms with Gasteiger partial charge in [0.15, 0.2) is 11.6 Å². The minimum atomic E-state index is -0.891. The lowest BCUT2D eigenvalue weighted by atomic mass is 10.2. The first-order valence-electron chi connectivity index (χ1n) is 8.72. The molecule has 0 aliphatic rings. The van der Waals surface area contributed by atoms with Gasteiger partial charge in [-0.25, -0.2) is 15.2 Å². The quantitative estimate of drug-likeness (QED) is 0.159. The molecular weight excluding hydrogens is 399 g/mol. The molecule has 0 aromatic heterocycles. The molecule has 0 saturated carbocycles. The summed E-state index contributed by atoms with van der Waals surface area (Å²) >= 11 is 5.82. The topological polar surface area (TPSA) is 111 Å². The Balaban J connectivity index is 2.08. The van der Waals surface area contributed by atoms with Crippen molar-refractivity contribution in [1.82, 2.24) is 5.32 Å². The van der Waals surface area contributed by atoms with Gasteiger partial charge in [-0.15, -0.1) is 0 Å². The van der Waals surface area contributed by atoms with E-state index in [1.165, 1.54) is 12.1 Å². The zero-order valence-electron chi connectivity index (χ0n) is 16.0. The number of hydrogen-bond donors (Lipinski definition) is 3. The number of rotatable bonds is 7. The van der Waals surface area contributed by atoms with Gasteiger partial charge in [-0.2, -0.15) is 0 Å². The number of nitrogens with two attached hydrogens (primary N) is 2. The molecule has 0 fully saturated rings. The fraction of sp³-hybridized carbons (Fsp3) is 0.200. The first-order valence-corrected chi connectivity index (χ1v) is 9.10. The zero-order valence-corrected chi connectivity index (χ0v) is 16.7. The Morgan fingerprint density at radius 1 is 1.24 bits per heavy atom. The molecule has 0 spiro atoms. The fourth-order valence-corrected chi connectivity index (χ4v) is 2.49. The van der Waals surface area contributed by atoms with Crippen LogP contribution in [-0.2, 0) is 16.1 Å². The lowest BCUT2D eigenvalue weighted by Crippen LogP contribution is -2.42. The molecule has 0 saturated heterocycles. The molecule has 2 rings (SSSR count). The van der Waals surface area contributed by atoms with Crippen LogP contribution >= 0.6 is 11.6 Å². The summed E-state index contributed by atoms with van der Waals surface area (Å²) in [4.78, 5) is 24.9. The molecular formula is C20H22ClFN4O3. The van der Waals surface area contributed by atoms with Crippen LogP contribution in [0.15, 0.2) is 54.2 Å². The van der Waals surface area contributed by atoms with Crippen LogP contribution in [0.4, 0.5) is 10.1 Å². The van der Waals surface area contributed by atoms with Crippen molar-refractivity contribution in [2.24, 2.45) is 11.6 Å². The highest BCUT2D eigenvalue weighted by Crippen LogP contribution is 2.24. The molecule has 2 aromatic rings. The van der Waals surface area contributed by atoms with Crippen molar-refractivity contribution in [2.45, 2.75) is 26.5 Å². The van der Waals surface area contributed by atoms with Crippen LogP contribution in [0.2, 0.25) is 5.02 Å². The molecule has 0 heterocycles. The van der Waals surface area contributed by atoms with Crippen molar-refractivity contribution in [3.8, 4) is 5.75 Å². The lowest BCUT2D eigenvalue weighted by Gasteiger charge is -2.19. The Morgan fingerprint density at radius 2 is 1.90 bits per heavy atom. The molecule has 0 unspecified atom stereocenters. The van der Waals surface area contributed by atoms with Gasteiger partial charge in [0.1, 0.15) is 5.57 Å². The number of nitrogens with zero attached hydrogens (tertiary/aromatic N) is 1. The van der Waals surface area contributed by atoms with Crippen LogP contribution in [0.5, 0.6) is 5.75 Å². The minimum Gasteiger partial charge on any atom is -0.488 e. The minimum absolute atomic E-state index is 0.0277. The van der Waals surface area contributed by atoms with Crippen LogP contribution in [0.25, 0.3) is 0 Å². The van der Waals surface area contributed by atoms with Crippen LogP contribution in [0.3, 0.4) is 0 Å². The van der Waals surface area contributed by atoms with Crippen molar-refractivity contribution in [3.63, 3.8) is 0 Å². The molecule has 0 aliphatic carbocycles. The summed E-state index contributed by atoms with van der Waals surface area (Å²) in [7, 11) is 0. The van der Waals surface area contributed by atoms with Gasteiger partial charge in [0.25, 0.3) is 11.8 Å². The lowest BCUT2D eigenvalue weighted by molar-refractivity contribution is -0.122. The number of amides is 2. The molecule has 5 N–H and O–H groups in total. The predicted octanol–water partition coefficient (Wildman–Crippen LogP) is 2.63. The van der Waals surface area contributed by atoms with E-state index < -0.39 is 17.6 Å². The number of nitrogens with one attached hydrogen (secondary N) is 1. The van der Waals surface area contributed by atoms with E-state index in [0.29, 0.717) is 10.0 Å². The van der Waals surface area contributed by atoms with Gasteiger partial charge in [0, 0.05) is 23.8 Å². The van der Waals surface area contributed by atoms with Crippen molar-refractivity contribution in [3.05, 3.63) is 70.6 Å². The number of halogens is 2. The molecule has 0 bridgehead atoms. The number of anilines is 1. The second kappa shape index (κ2) is 9.90. The summed E-state index contributed by atoms with van der Waals surface area (Å²) in [6.07, 6.45) is 0.633. The van der Waals surface area contributed by atoms with E-state index in [1.54, 1.807) is 38.1 Å². The van der Waals surface area contributed by atoms with Crippen LogP contribution in [0, 0.1) is 5.82 Å². The van der Waals surface area contributed by atoms with Crippen LogP contribution in [0.1, 0.15) is 19.4 Å². The van der Waals surface area contributed by atoms with Gasteiger partial charge in [0.2, 0.25) is 0 Å². The maximum Gasteiger partial charge on any atom is 0.279 e. The van der Waals surface area contributed by atoms with Crippen molar-refractivity contribution in [1.29, 1.82) is 0 Å². The second-order valence-corrected chi connectivity index (χ2v) is 6.78. The molecule has 29 heavy (non-hydrogen) atoms. The third-order valence-corrected chi connectivity index (χ3v) is 4.04. The maximum atomic E-state index is 14.2. The average Bonchev–Trinajstić information content (AvgIpc) is 2.68. The number of benzene rings is 2. The van der Waals surface area contributed by atoms with Gasteiger partial charge in [-0.1, -0.05) is 23.7 Å². The number of ether oxygens (including phenoxy) is 1. The van der Waals surface area contributed by atoms with E-state index in [0.717, 1.165) is 17.8 Å². The zero-order chi connectivity index (χ0) is 21.6. The molecule has 154 valence electrons. The first-order chi connectivity index (χ1) is 13.7. The highest BCUT2D eigenvalue weighted by atomic mass is 35.5. The average molecular weight is 421 g/mol. The number of hydrazine groups is 1. The van der Waals surface area contributed by atoms with E-state index in [1.807, 2.05) is 0 Å². The molecule has 7 nitrogen and oxygen atoms in total. The van der Waals surface area contributed by atoms with E-state index in [4.69, 9.17) is 27.9 Å². The van der Waals surface area contributed by atoms with Gasteiger partial charge in [-0.05, 0) is 43.7 Å². The third kappa shape index (κ3) is 5.94. The standard InChI is InChI=1S/C20H22ClFN4O3/c1-12(2)29-18-8-7-15(9-17(18)22)26(24)20(28)16(10-23)19(27)25-11-13-3-5-14(21)6-4-13/h3-10,12H,11,23-24H2,1-2H3,(H,25,27)/b16-10+. The molecule has 2 aromatic carbocycles. The predicted molar refractivity (Wildman–Crippen MR) is 109 cm³/mol. The van der Waals surface area contributed by atoms with Crippen LogP contribution in [-0.4, -0.2) is 17.9 Å². The number of hydrogen-bond acceptors (Lipinski definition) is 5. The Kier molecular flexibility index (Phi) is 7.58. The molecule has 0 atom stereocenters. The Bertz CT molecular complexity index is 916. The van der Waals surface area contributed by atoms with Crippen molar-refractivity contribution in [2.75, 3.05) is 5.01 Å². The summed E-state index contributed by atoms with van der Waals surface area (Å²) in [6, 6.07) is 10.6. The van der Waals surface area contributed by atoms with Gasteiger partial charge in [0.05, 0.1) is 11.8 Å². The highest BCUT2D eigenvalue weighted by molar-refractivity contribution is 6.30. The van der Waals surface area contributed by atoms with Crippen molar-refractivity contribution >= 4 is 29.1 Å². The highest BCUT2D eigenvalue weighted by Gasteiger charge is 2.24. The summed E-state index contributed by atoms with van der Waals surface area (Å²) in [5, 5.41) is 3.78. The molecule has 2 amide bonds. The number of carbonyl (C=O) groups is 2. The summed E-state index contributed by atoms with van der Waals surface area (Å²) < 4.78 is 19.5. The second-order valence-electron chi connectivity index (χ2n) is 6.35. The summed E-state index contributed by atoms with van der Waals surface area (Å²) in [5.41, 5.74) is 5.88. The smallest absolute Gasteiger partial charge is 0.279 e.